The summed E-state index contributed by atoms with van der Waals surface area (Å²) in [5.41, 5.74) is 4.89. The zero-order chi connectivity index (χ0) is 28.3. The van der Waals surface area contributed by atoms with Gasteiger partial charge in [-0.15, -0.1) is 6.58 Å². The first-order valence-electron chi connectivity index (χ1n) is 14.7. The minimum atomic E-state index is -0.156. The summed E-state index contributed by atoms with van der Waals surface area (Å²) in [5, 5.41) is 3.80. The Morgan fingerprint density at radius 1 is 1.05 bits per heavy atom. The van der Waals surface area contributed by atoms with Gasteiger partial charge < -0.3 is 15.1 Å². The number of rotatable bonds is 6. The van der Waals surface area contributed by atoms with E-state index in [0.29, 0.717) is 29.3 Å². The molecule has 7 rings (SSSR count). The molecule has 2 fully saturated rings. The molecule has 2 aliphatic heterocycles. The highest BCUT2D eigenvalue weighted by molar-refractivity contribution is 5.77. The SMILES string of the molecule is C=CCn1c(=O)c2cnc(Nc3ccc(N4C[C@H]5CN(C)C[C@H]5C4)cc3)nc2n1-c1ccc2c(n1)C(C)(C)CCC2. The molecule has 2 saturated heterocycles. The summed E-state index contributed by atoms with van der Waals surface area (Å²) in [5.74, 6) is 2.65. The van der Waals surface area contributed by atoms with Gasteiger partial charge in [0, 0.05) is 49.2 Å². The molecule has 0 radical (unpaired) electrons. The maximum absolute atomic E-state index is 13.4. The van der Waals surface area contributed by atoms with Crippen LogP contribution >= 0.6 is 0 Å². The number of fused-ring (bicyclic) bond motifs is 3. The first-order valence-corrected chi connectivity index (χ1v) is 14.7. The molecular formula is C32H38N8O. The summed E-state index contributed by atoms with van der Waals surface area (Å²) in [6.45, 7) is 13.3. The van der Waals surface area contributed by atoms with Gasteiger partial charge in [0.15, 0.2) is 11.5 Å². The Labute approximate surface area is 240 Å². The molecule has 3 aliphatic rings. The smallest absolute Gasteiger partial charge is 0.278 e. The van der Waals surface area contributed by atoms with Crippen molar-refractivity contribution in [3.05, 3.63) is 76.9 Å². The lowest BCUT2D eigenvalue weighted by atomic mass is 9.76. The molecule has 1 aliphatic carbocycles. The largest absolute Gasteiger partial charge is 0.371 e. The van der Waals surface area contributed by atoms with E-state index >= 15 is 0 Å². The number of benzene rings is 1. The van der Waals surface area contributed by atoms with Crippen molar-refractivity contribution in [1.29, 1.82) is 0 Å². The number of aryl methyl sites for hydroxylation is 1. The van der Waals surface area contributed by atoms with Gasteiger partial charge in [0.2, 0.25) is 5.95 Å². The van der Waals surface area contributed by atoms with Gasteiger partial charge in [-0.25, -0.2) is 19.3 Å². The predicted octanol–water partition coefficient (Wildman–Crippen LogP) is 4.52. The van der Waals surface area contributed by atoms with Crippen LogP contribution in [0.3, 0.4) is 0 Å². The van der Waals surface area contributed by atoms with E-state index in [4.69, 9.17) is 9.97 Å². The third-order valence-electron chi connectivity index (χ3n) is 9.21. The van der Waals surface area contributed by atoms with Crippen molar-refractivity contribution in [3.8, 4) is 5.82 Å². The van der Waals surface area contributed by atoms with Crippen molar-refractivity contribution >= 4 is 28.4 Å². The van der Waals surface area contributed by atoms with Gasteiger partial charge in [-0.3, -0.25) is 4.79 Å². The molecule has 9 heteroatoms. The van der Waals surface area contributed by atoms with Gasteiger partial charge in [0.05, 0.1) is 12.2 Å². The topological polar surface area (TPSA) is 84.1 Å². The average molecular weight is 551 g/mol. The second-order valence-corrected chi connectivity index (χ2v) is 12.7. The highest BCUT2D eigenvalue weighted by Crippen LogP contribution is 2.36. The number of hydrogen-bond acceptors (Lipinski definition) is 7. The van der Waals surface area contributed by atoms with Gasteiger partial charge in [-0.05, 0) is 74.0 Å². The zero-order valence-corrected chi connectivity index (χ0v) is 24.2. The maximum atomic E-state index is 13.4. The lowest BCUT2D eigenvalue weighted by Gasteiger charge is -2.31. The van der Waals surface area contributed by atoms with Crippen LogP contribution in [0.5, 0.6) is 0 Å². The van der Waals surface area contributed by atoms with E-state index in [1.807, 2.05) is 10.7 Å². The Morgan fingerprint density at radius 3 is 2.54 bits per heavy atom. The van der Waals surface area contributed by atoms with Crippen molar-refractivity contribution in [2.24, 2.45) is 11.8 Å². The number of allylic oxidation sites excluding steroid dienone is 1. The molecule has 0 unspecified atom stereocenters. The van der Waals surface area contributed by atoms with Crippen LogP contribution in [-0.4, -0.2) is 62.4 Å². The van der Waals surface area contributed by atoms with Crippen molar-refractivity contribution < 1.29 is 0 Å². The van der Waals surface area contributed by atoms with Crippen LogP contribution in [0.2, 0.25) is 0 Å². The van der Waals surface area contributed by atoms with Gasteiger partial charge >= 0.3 is 0 Å². The number of nitrogens with zero attached hydrogens (tertiary/aromatic N) is 7. The number of anilines is 3. The van der Waals surface area contributed by atoms with Crippen LogP contribution in [0.25, 0.3) is 16.9 Å². The summed E-state index contributed by atoms with van der Waals surface area (Å²) in [4.78, 5) is 32.8. The first-order chi connectivity index (χ1) is 19.8. The Hall–Kier alpha value is -3.98. The fourth-order valence-electron chi connectivity index (χ4n) is 7.15. The molecule has 0 bridgehead atoms. The van der Waals surface area contributed by atoms with E-state index in [9.17, 15) is 4.79 Å². The van der Waals surface area contributed by atoms with Gasteiger partial charge in [-0.1, -0.05) is 26.0 Å². The summed E-state index contributed by atoms with van der Waals surface area (Å²) < 4.78 is 3.46. The summed E-state index contributed by atoms with van der Waals surface area (Å²) >= 11 is 0. The van der Waals surface area contributed by atoms with Crippen molar-refractivity contribution in [2.75, 3.05) is 43.4 Å². The molecule has 1 aromatic carbocycles. The number of likely N-dealkylation sites (tertiary alicyclic amines) is 1. The molecule has 3 aromatic heterocycles. The fraction of sp³-hybridized carbons (Fsp3) is 0.438. The average Bonchev–Trinajstić information content (AvgIpc) is 3.59. The highest BCUT2D eigenvalue weighted by atomic mass is 16.1. The van der Waals surface area contributed by atoms with Gasteiger partial charge in [0.25, 0.3) is 5.56 Å². The number of hydrogen-bond donors (Lipinski definition) is 1. The Morgan fingerprint density at radius 2 is 1.80 bits per heavy atom. The van der Waals surface area contributed by atoms with Crippen LogP contribution < -0.4 is 15.8 Å². The second-order valence-electron chi connectivity index (χ2n) is 12.7. The molecule has 41 heavy (non-hydrogen) atoms. The minimum absolute atomic E-state index is 0.0197. The minimum Gasteiger partial charge on any atom is -0.371 e. The lowest BCUT2D eigenvalue weighted by Crippen LogP contribution is -2.27. The van der Waals surface area contributed by atoms with E-state index in [-0.39, 0.29) is 11.0 Å². The van der Waals surface area contributed by atoms with Gasteiger partial charge in [0.1, 0.15) is 5.39 Å². The molecule has 0 spiro atoms. The van der Waals surface area contributed by atoms with Gasteiger partial charge in [-0.2, -0.15) is 4.98 Å². The van der Waals surface area contributed by atoms with Crippen LogP contribution in [-0.2, 0) is 18.4 Å². The standard InChI is InChI=1S/C32H38N8O/c1-5-15-39-30(41)26-16-33-31(34-24-9-11-25(12-10-24)38-19-22-17-37(4)18-23(22)20-38)36-29(26)40(39)27-13-8-21-7-6-14-32(2,3)28(21)35-27/h5,8-13,16,22-23H,1,6-7,14-15,17-20H2,2-4H3,(H,33,34,36)/t22-,23+. The summed E-state index contributed by atoms with van der Waals surface area (Å²) in [7, 11) is 2.22. The third-order valence-corrected chi connectivity index (χ3v) is 9.21. The molecule has 5 heterocycles. The normalized spacial score (nSPS) is 21.7. The number of aromatic nitrogens is 5. The highest BCUT2D eigenvalue weighted by Gasteiger charge is 2.38. The van der Waals surface area contributed by atoms with Crippen molar-refractivity contribution in [1.82, 2.24) is 29.2 Å². The fourth-order valence-corrected chi connectivity index (χ4v) is 7.15. The van der Waals surface area contributed by atoms with E-state index in [1.54, 1.807) is 17.0 Å². The quantitative estimate of drug-likeness (QED) is 0.354. The van der Waals surface area contributed by atoms with Crippen molar-refractivity contribution in [2.45, 2.75) is 45.1 Å². The number of pyridine rings is 1. The number of nitrogens with one attached hydrogen (secondary N) is 1. The molecule has 9 nitrogen and oxygen atoms in total. The zero-order valence-electron chi connectivity index (χ0n) is 24.2. The van der Waals surface area contributed by atoms with E-state index in [0.717, 1.165) is 55.6 Å². The molecule has 0 saturated carbocycles. The molecule has 1 N–H and O–H groups in total. The third kappa shape index (κ3) is 4.52. The Balaban J connectivity index is 1.20. The van der Waals surface area contributed by atoms with E-state index < -0.39 is 0 Å². The second kappa shape index (κ2) is 9.83. The van der Waals surface area contributed by atoms with Crippen LogP contribution in [0.1, 0.15) is 37.9 Å². The summed E-state index contributed by atoms with van der Waals surface area (Å²) in [6, 6.07) is 12.6. The maximum Gasteiger partial charge on any atom is 0.278 e. The van der Waals surface area contributed by atoms with Crippen LogP contribution in [0, 0.1) is 11.8 Å². The Bertz CT molecular complexity index is 1670. The van der Waals surface area contributed by atoms with E-state index in [2.05, 4.69) is 77.9 Å². The van der Waals surface area contributed by atoms with Crippen LogP contribution in [0.15, 0.2) is 60.0 Å². The molecule has 4 aromatic rings. The predicted molar refractivity (Wildman–Crippen MR) is 163 cm³/mol. The first kappa shape index (κ1) is 26.0. The molecule has 0 amide bonds. The summed E-state index contributed by atoms with van der Waals surface area (Å²) in [6.07, 6.45) is 6.62. The van der Waals surface area contributed by atoms with Crippen LogP contribution in [0.4, 0.5) is 17.3 Å². The molecule has 212 valence electrons. The molecule has 2 atom stereocenters. The molecular weight excluding hydrogens is 512 g/mol. The van der Waals surface area contributed by atoms with Crippen molar-refractivity contribution in [3.63, 3.8) is 0 Å². The van der Waals surface area contributed by atoms with E-state index in [1.165, 1.54) is 24.3 Å². The lowest BCUT2D eigenvalue weighted by molar-refractivity contribution is 0.387. The Kier molecular flexibility index (Phi) is 6.23. The monoisotopic (exact) mass is 550 g/mol.